The Hall–Kier alpha value is -2.30. The largest absolute Gasteiger partial charge is 0.378 e. The van der Waals surface area contributed by atoms with E-state index >= 15 is 0 Å². The Morgan fingerprint density at radius 3 is 2.76 bits per heavy atom. The highest BCUT2D eigenvalue weighted by Crippen LogP contribution is 2.43. The van der Waals surface area contributed by atoms with Gasteiger partial charge in [-0.3, -0.25) is 4.79 Å². The van der Waals surface area contributed by atoms with Gasteiger partial charge < -0.3 is 9.47 Å². The molecule has 2 aromatic carbocycles. The molecule has 0 radical (unpaired) electrons. The van der Waals surface area contributed by atoms with Gasteiger partial charge in [0.2, 0.25) is 0 Å². The summed E-state index contributed by atoms with van der Waals surface area (Å²) in [6.07, 6.45) is 6.57. The molecule has 1 saturated carbocycles. The van der Waals surface area contributed by atoms with Crippen LogP contribution in [0.2, 0.25) is 0 Å². The van der Waals surface area contributed by atoms with Crippen molar-refractivity contribution in [1.82, 2.24) is 0 Å². The minimum absolute atomic E-state index is 0.0254. The van der Waals surface area contributed by atoms with Crippen molar-refractivity contribution in [3.8, 4) is 0 Å². The average Bonchev–Trinajstić information content (AvgIpc) is 3.32. The highest BCUT2D eigenvalue weighted by Gasteiger charge is 2.45. The molecule has 2 aromatic rings. The van der Waals surface area contributed by atoms with Gasteiger partial charge in [-0.1, -0.05) is 54.6 Å². The molecule has 1 aliphatic carbocycles. The molecule has 4 atom stereocenters. The van der Waals surface area contributed by atoms with E-state index in [0.717, 1.165) is 25.0 Å². The van der Waals surface area contributed by atoms with Crippen molar-refractivity contribution < 1.29 is 18.7 Å². The van der Waals surface area contributed by atoms with Gasteiger partial charge in [0.05, 0.1) is 18.8 Å². The molecule has 0 aromatic heterocycles. The van der Waals surface area contributed by atoms with Gasteiger partial charge in [0.15, 0.2) is 5.78 Å². The van der Waals surface area contributed by atoms with Gasteiger partial charge in [0, 0.05) is 25.4 Å². The molecule has 4 unspecified atom stereocenters. The van der Waals surface area contributed by atoms with Crippen LogP contribution in [0, 0.1) is 17.7 Å². The summed E-state index contributed by atoms with van der Waals surface area (Å²) in [7, 11) is 0. The van der Waals surface area contributed by atoms with Crippen molar-refractivity contribution in [2.45, 2.75) is 44.5 Å². The lowest BCUT2D eigenvalue weighted by Gasteiger charge is -2.20. The number of hydrogen-bond donors (Lipinski definition) is 0. The number of carbonyl (C=O) groups is 1. The minimum atomic E-state index is -0.250. The predicted molar refractivity (Wildman–Crippen MR) is 110 cm³/mol. The molecular weight excluding hydrogens is 367 g/mol. The SMILES string of the molecule is O=C(C=CC1C(OCc2ccccc2)CC2OCCC21)CCc1ccccc1F. The first kappa shape index (κ1) is 20.0. The van der Waals surface area contributed by atoms with E-state index in [1.54, 1.807) is 24.3 Å². The van der Waals surface area contributed by atoms with Gasteiger partial charge in [-0.25, -0.2) is 4.39 Å². The fourth-order valence-corrected chi connectivity index (χ4v) is 4.49. The molecule has 2 aliphatic rings. The maximum absolute atomic E-state index is 13.7. The van der Waals surface area contributed by atoms with Crippen LogP contribution in [0.25, 0.3) is 0 Å². The number of aryl methyl sites for hydroxylation is 1. The number of ketones is 1. The number of benzene rings is 2. The first-order chi connectivity index (χ1) is 14.2. The Morgan fingerprint density at radius 1 is 1.14 bits per heavy atom. The molecule has 4 rings (SSSR count). The molecule has 29 heavy (non-hydrogen) atoms. The Morgan fingerprint density at radius 2 is 1.93 bits per heavy atom. The second-order valence-electron chi connectivity index (χ2n) is 7.93. The quantitative estimate of drug-likeness (QED) is 0.598. The third-order valence-electron chi connectivity index (χ3n) is 6.06. The number of carbonyl (C=O) groups excluding carboxylic acids is 1. The zero-order valence-corrected chi connectivity index (χ0v) is 16.5. The fourth-order valence-electron chi connectivity index (χ4n) is 4.49. The summed E-state index contributed by atoms with van der Waals surface area (Å²) >= 11 is 0. The lowest BCUT2D eigenvalue weighted by Crippen LogP contribution is -2.21. The van der Waals surface area contributed by atoms with Crippen LogP contribution in [0.15, 0.2) is 66.7 Å². The van der Waals surface area contributed by atoms with Crippen molar-refractivity contribution in [3.05, 3.63) is 83.7 Å². The van der Waals surface area contributed by atoms with E-state index in [0.29, 0.717) is 30.9 Å². The van der Waals surface area contributed by atoms with Crippen molar-refractivity contribution >= 4 is 5.78 Å². The number of halogens is 1. The normalized spacial score (nSPS) is 26.1. The number of hydrogen-bond acceptors (Lipinski definition) is 3. The summed E-state index contributed by atoms with van der Waals surface area (Å²) in [6.45, 7) is 1.35. The maximum atomic E-state index is 13.7. The van der Waals surface area contributed by atoms with Crippen LogP contribution in [-0.4, -0.2) is 24.6 Å². The molecular formula is C25H27FO3. The van der Waals surface area contributed by atoms with E-state index in [9.17, 15) is 9.18 Å². The van der Waals surface area contributed by atoms with Crippen LogP contribution < -0.4 is 0 Å². The smallest absolute Gasteiger partial charge is 0.155 e. The highest BCUT2D eigenvalue weighted by atomic mass is 19.1. The molecule has 0 amide bonds. The zero-order valence-electron chi connectivity index (χ0n) is 16.5. The molecule has 1 saturated heterocycles. The standard InChI is InChI=1S/C25H27FO3/c26-23-9-5-4-8-19(23)10-11-20(27)12-13-21-22-14-15-28-24(22)16-25(21)29-17-18-6-2-1-3-7-18/h1-9,12-13,21-22,24-25H,10-11,14-17H2. The van der Waals surface area contributed by atoms with Crippen molar-refractivity contribution in [2.75, 3.05) is 6.61 Å². The monoisotopic (exact) mass is 394 g/mol. The van der Waals surface area contributed by atoms with Crippen LogP contribution in [0.5, 0.6) is 0 Å². The van der Waals surface area contributed by atoms with E-state index in [1.807, 2.05) is 24.3 Å². The molecule has 2 fully saturated rings. The van der Waals surface area contributed by atoms with Crippen LogP contribution in [0.4, 0.5) is 4.39 Å². The maximum Gasteiger partial charge on any atom is 0.155 e. The zero-order chi connectivity index (χ0) is 20.1. The Labute approximate surface area is 171 Å². The average molecular weight is 394 g/mol. The third kappa shape index (κ3) is 5.01. The summed E-state index contributed by atoms with van der Waals surface area (Å²) in [4.78, 5) is 12.4. The Kier molecular flexibility index (Phi) is 6.53. The second kappa shape index (κ2) is 9.47. The van der Waals surface area contributed by atoms with Crippen molar-refractivity contribution in [3.63, 3.8) is 0 Å². The minimum Gasteiger partial charge on any atom is -0.378 e. The van der Waals surface area contributed by atoms with Crippen molar-refractivity contribution in [2.24, 2.45) is 11.8 Å². The van der Waals surface area contributed by atoms with Gasteiger partial charge >= 0.3 is 0 Å². The van der Waals surface area contributed by atoms with Crippen LogP contribution in [0.1, 0.15) is 30.4 Å². The molecule has 3 nitrogen and oxygen atoms in total. The lowest BCUT2D eigenvalue weighted by molar-refractivity contribution is -0.114. The highest BCUT2D eigenvalue weighted by molar-refractivity contribution is 5.89. The van der Waals surface area contributed by atoms with E-state index in [-0.39, 0.29) is 29.7 Å². The summed E-state index contributed by atoms with van der Waals surface area (Å²) in [5.41, 5.74) is 1.73. The summed E-state index contributed by atoms with van der Waals surface area (Å²) in [5.74, 6) is 0.368. The van der Waals surface area contributed by atoms with Gasteiger partial charge in [0.25, 0.3) is 0 Å². The van der Waals surface area contributed by atoms with E-state index in [4.69, 9.17) is 9.47 Å². The Bertz CT molecular complexity index is 848. The summed E-state index contributed by atoms with van der Waals surface area (Å²) in [6, 6.07) is 16.8. The Balaban J connectivity index is 1.36. The number of allylic oxidation sites excluding steroid dienone is 1. The lowest BCUT2D eigenvalue weighted by atomic mass is 9.91. The van der Waals surface area contributed by atoms with E-state index in [2.05, 4.69) is 12.1 Å². The number of fused-ring (bicyclic) bond motifs is 1. The molecule has 0 spiro atoms. The first-order valence-corrected chi connectivity index (χ1v) is 10.4. The van der Waals surface area contributed by atoms with Gasteiger partial charge in [-0.05, 0) is 42.0 Å². The number of ether oxygens (including phenoxy) is 2. The molecule has 4 heteroatoms. The van der Waals surface area contributed by atoms with Gasteiger partial charge in [-0.15, -0.1) is 0 Å². The third-order valence-corrected chi connectivity index (χ3v) is 6.06. The fraction of sp³-hybridized carbons (Fsp3) is 0.400. The number of rotatable bonds is 8. The summed E-state index contributed by atoms with van der Waals surface area (Å²) in [5, 5.41) is 0. The van der Waals surface area contributed by atoms with Gasteiger partial charge in [0.1, 0.15) is 5.82 Å². The van der Waals surface area contributed by atoms with Crippen molar-refractivity contribution in [1.29, 1.82) is 0 Å². The molecule has 152 valence electrons. The van der Waals surface area contributed by atoms with Crippen LogP contribution in [-0.2, 0) is 27.3 Å². The molecule has 1 aliphatic heterocycles. The second-order valence-corrected chi connectivity index (χ2v) is 7.93. The molecule has 0 bridgehead atoms. The van der Waals surface area contributed by atoms with E-state index < -0.39 is 0 Å². The summed E-state index contributed by atoms with van der Waals surface area (Å²) < 4.78 is 25.8. The topological polar surface area (TPSA) is 35.5 Å². The molecule has 0 N–H and O–H groups in total. The van der Waals surface area contributed by atoms with Crippen LogP contribution >= 0.6 is 0 Å². The first-order valence-electron chi connectivity index (χ1n) is 10.4. The predicted octanol–water partition coefficient (Wildman–Crippen LogP) is 4.89. The van der Waals surface area contributed by atoms with E-state index in [1.165, 1.54) is 6.07 Å². The van der Waals surface area contributed by atoms with Gasteiger partial charge in [-0.2, -0.15) is 0 Å². The van der Waals surface area contributed by atoms with Crippen LogP contribution in [0.3, 0.4) is 0 Å². The molecule has 1 heterocycles.